The number of hydrogen-bond donors (Lipinski definition) is 2. The summed E-state index contributed by atoms with van der Waals surface area (Å²) in [5.41, 5.74) is 6.48. The molecule has 0 bridgehead atoms. The minimum atomic E-state index is -1.80. The largest absolute Gasteiger partial charge is 1.00 e. The molecule has 64 heavy (non-hydrogen) atoms. The molecule has 5 aromatic carbocycles. The topological polar surface area (TPSA) is 232 Å². The molecule has 0 fully saturated rings. The van der Waals surface area contributed by atoms with Gasteiger partial charge in [0.25, 0.3) is 5.91 Å². The van der Waals surface area contributed by atoms with Gasteiger partial charge in [-0.2, -0.15) is 0 Å². The third-order valence-electron chi connectivity index (χ3n) is 9.51. The predicted octanol–water partition coefficient (Wildman–Crippen LogP) is -7.95. The fraction of sp³-hybridized carbons (Fsp3) is 0.217. The number of aliphatic carboxylic acids is 3. The van der Waals surface area contributed by atoms with Gasteiger partial charge in [-0.25, -0.2) is 6.29 Å². The first kappa shape index (κ1) is 64.9. The van der Waals surface area contributed by atoms with E-state index in [0.29, 0.717) is 22.7 Å². The number of carbonyl (C=O) groups is 5. The van der Waals surface area contributed by atoms with Crippen LogP contribution in [0.1, 0.15) is 84.2 Å². The molecule has 0 aromatic heterocycles. The van der Waals surface area contributed by atoms with Gasteiger partial charge in [-0.1, -0.05) is 70.1 Å². The Hall–Kier alpha value is 0.888. The summed E-state index contributed by atoms with van der Waals surface area (Å²) in [6, 6.07) is 33.3. The molecule has 0 aliphatic rings. The van der Waals surface area contributed by atoms with Crippen LogP contribution < -0.4 is 311 Å². The van der Waals surface area contributed by atoms with E-state index in [2.05, 4.69) is 38.3 Å². The van der Waals surface area contributed by atoms with Crippen molar-refractivity contribution in [2.24, 2.45) is 0 Å². The number of nitrogens with one attached hydrogen (secondary N) is 2. The summed E-state index contributed by atoms with van der Waals surface area (Å²) in [5.74, 6) is -5.88. The number of carboxylic acid groups (broad SMARTS) is 3. The minimum Gasteiger partial charge on any atom is -0.870 e. The Kier molecular flexibility index (Phi) is 32.4. The van der Waals surface area contributed by atoms with E-state index in [4.69, 9.17) is 0 Å². The van der Waals surface area contributed by atoms with Crippen molar-refractivity contribution < 1.29 is 325 Å². The number of anilines is 6. The fourth-order valence-electron chi connectivity index (χ4n) is 6.37. The normalized spacial score (nSPS) is 11.0. The molecule has 5 aromatic rings. The van der Waals surface area contributed by atoms with Crippen LogP contribution in [0.4, 0.5) is 34.1 Å². The Bertz CT molecular complexity index is 2330. The zero-order valence-corrected chi connectivity index (χ0v) is 62.4. The first-order valence-corrected chi connectivity index (χ1v) is 18.9. The van der Waals surface area contributed by atoms with Crippen molar-refractivity contribution in [2.45, 2.75) is 64.5 Å². The maximum atomic E-state index is 13.2. The first-order valence-electron chi connectivity index (χ1n) is 18.9. The molecule has 2 unspecified atom stereocenters. The second kappa shape index (κ2) is 32.0. The van der Waals surface area contributed by atoms with E-state index in [0.717, 1.165) is 22.5 Å². The summed E-state index contributed by atoms with van der Waals surface area (Å²) in [4.78, 5) is 75.4. The summed E-state index contributed by atoms with van der Waals surface area (Å²) in [6.45, 7) is 8.33. The summed E-state index contributed by atoms with van der Waals surface area (Å²) in [6.07, 6.45) is -0.159. The van der Waals surface area contributed by atoms with Crippen molar-refractivity contribution in [3.63, 3.8) is 0 Å². The Morgan fingerprint density at radius 3 is 1.17 bits per heavy atom. The molecule has 14 nitrogen and oxygen atoms in total. The van der Waals surface area contributed by atoms with E-state index >= 15 is 0 Å². The molecular weight excluding hydrogens is 1300 g/mol. The van der Waals surface area contributed by atoms with Crippen LogP contribution >= 0.6 is 0 Å². The van der Waals surface area contributed by atoms with E-state index in [1.807, 2.05) is 88.7 Å². The maximum Gasteiger partial charge on any atom is 1.00 e. The Labute approximate surface area is 608 Å². The van der Waals surface area contributed by atoms with Gasteiger partial charge in [0.05, 0.1) is 12.0 Å². The molecule has 3 N–H and O–H groups in total. The van der Waals surface area contributed by atoms with Gasteiger partial charge in [0.1, 0.15) is 0 Å². The SMILES string of the molecule is CC(C)c1ccc(N(c2ccc(N(c3ccc(C(C)C)cc3)c3cccc(C(=O)NC(CC(=O)[O-])C(=O)[O-])c3)cc2)c2cccc(C(=O)NC([C-]=O)CC(=O)[O-])c2)cc1.[Cs+].[Cs+].[Cs+].[Cs+].[OH-]. The summed E-state index contributed by atoms with van der Waals surface area (Å²) in [7, 11) is 0. The summed E-state index contributed by atoms with van der Waals surface area (Å²) < 4.78 is 0. The van der Waals surface area contributed by atoms with Crippen LogP contribution in [-0.2, 0) is 19.2 Å². The maximum absolute atomic E-state index is 13.2. The number of rotatable bonds is 18. The van der Waals surface area contributed by atoms with Crippen molar-refractivity contribution in [2.75, 3.05) is 9.80 Å². The van der Waals surface area contributed by atoms with Crippen LogP contribution in [0.25, 0.3) is 0 Å². The molecule has 0 aliphatic carbocycles. The van der Waals surface area contributed by atoms with Crippen LogP contribution in [0, 0.1) is 0 Å². The van der Waals surface area contributed by atoms with E-state index in [9.17, 15) is 44.1 Å². The van der Waals surface area contributed by atoms with Crippen molar-refractivity contribution in [3.05, 3.63) is 144 Å². The summed E-state index contributed by atoms with van der Waals surface area (Å²) in [5, 5.41) is 38.4. The van der Waals surface area contributed by atoms with Gasteiger partial charge in [0.2, 0.25) is 5.91 Å². The van der Waals surface area contributed by atoms with Gasteiger partial charge in [-0.3, -0.25) is 9.59 Å². The Balaban J connectivity index is 0.00000794. The number of amides is 2. The average Bonchev–Trinajstić information content (AvgIpc) is 3.21. The van der Waals surface area contributed by atoms with E-state index in [1.165, 1.54) is 12.4 Å². The minimum absolute atomic E-state index is 0. The molecule has 0 saturated carbocycles. The molecule has 2 amide bonds. The number of hydrogen-bond acceptors (Lipinski definition) is 12. The average molecular weight is 1340 g/mol. The van der Waals surface area contributed by atoms with Crippen LogP contribution in [0.2, 0.25) is 0 Å². The third-order valence-corrected chi connectivity index (χ3v) is 9.51. The van der Waals surface area contributed by atoms with Gasteiger partial charge in [0.15, 0.2) is 0 Å². The zero-order valence-electron chi connectivity index (χ0n) is 37.3. The molecular formula is C46H43Cs4N4O10-. The van der Waals surface area contributed by atoms with Crippen molar-refractivity contribution in [3.8, 4) is 0 Å². The molecule has 18 heteroatoms. The second-order valence-corrected chi connectivity index (χ2v) is 14.4. The van der Waals surface area contributed by atoms with Gasteiger partial charge in [-0.15, -0.1) is 0 Å². The summed E-state index contributed by atoms with van der Waals surface area (Å²) >= 11 is 0. The van der Waals surface area contributed by atoms with Gasteiger partial charge >= 0.3 is 276 Å². The molecule has 0 saturated heterocycles. The molecule has 312 valence electrons. The molecule has 2 atom stereocenters. The molecule has 5 rings (SSSR count). The van der Waals surface area contributed by atoms with Crippen LogP contribution in [0.15, 0.2) is 121 Å². The smallest absolute Gasteiger partial charge is 0.870 e. The Morgan fingerprint density at radius 2 is 0.859 bits per heavy atom. The molecule has 0 heterocycles. The van der Waals surface area contributed by atoms with Crippen LogP contribution in [0.3, 0.4) is 0 Å². The van der Waals surface area contributed by atoms with Crippen molar-refractivity contribution >= 4 is 70.1 Å². The van der Waals surface area contributed by atoms with Crippen molar-refractivity contribution in [1.82, 2.24) is 10.6 Å². The molecule has 0 radical (unpaired) electrons. The monoisotopic (exact) mass is 1340 g/mol. The fourth-order valence-corrected chi connectivity index (χ4v) is 6.37. The van der Waals surface area contributed by atoms with Crippen LogP contribution in [-0.4, -0.2) is 53.6 Å². The molecule has 0 spiro atoms. The van der Waals surface area contributed by atoms with E-state index in [-0.39, 0.29) is 304 Å². The molecule has 0 aliphatic heterocycles. The Morgan fingerprint density at radius 1 is 0.516 bits per heavy atom. The predicted molar refractivity (Wildman–Crippen MR) is 218 cm³/mol. The van der Waals surface area contributed by atoms with Gasteiger partial charge in [0, 0.05) is 63.6 Å². The van der Waals surface area contributed by atoms with E-state index < -0.39 is 54.6 Å². The first-order chi connectivity index (χ1) is 28.1. The number of carboxylic acids is 3. The number of carbonyl (C=O) groups excluding carboxylic acids is 6. The van der Waals surface area contributed by atoms with E-state index in [1.54, 1.807) is 36.4 Å². The zero-order chi connectivity index (χ0) is 42.8. The second-order valence-electron chi connectivity index (χ2n) is 14.4. The quantitative estimate of drug-likeness (QED) is 0.0780. The number of nitrogens with zero attached hydrogens (tertiary/aromatic N) is 2. The number of benzene rings is 5. The van der Waals surface area contributed by atoms with Gasteiger partial charge < -0.3 is 60.4 Å². The standard InChI is InChI=1S/C46H45N4O9.4Cs.H2O/c1-28(2)30-11-15-35(16-12-30)49(39-9-5-7-32(23-39)44(56)47-34(27-51)25-42(52)53)37-19-21-38(22-20-37)50(36-17-13-31(14-18-36)29(3)4)40-10-6-8-33(24-40)45(57)48-41(46(58)59)26-43(54)55;;;;;/h5-24,28-29,34,41H,25-26H2,1-4H3,(H,47,56)(H,48,57)(H,52,53)(H,54,55)(H,58,59);;;;;1H2/q-1;4*+1;/p-4. The van der Waals surface area contributed by atoms with Crippen LogP contribution in [0.5, 0.6) is 0 Å². The third kappa shape index (κ3) is 18.9. The van der Waals surface area contributed by atoms with Gasteiger partial charge in [-0.05, 0) is 114 Å². The van der Waals surface area contributed by atoms with Crippen molar-refractivity contribution in [1.29, 1.82) is 0 Å².